The smallest absolute Gasteiger partial charge is 0.319 e. The van der Waals surface area contributed by atoms with E-state index in [1.807, 2.05) is 53.4 Å². The fourth-order valence-corrected chi connectivity index (χ4v) is 3.64. The average Bonchev–Trinajstić information content (AvgIpc) is 2.67. The molecule has 2 heterocycles. The van der Waals surface area contributed by atoms with E-state index in [9.17, 15) is 10.1 Å². The van der Waals surface area contributed by atoms with Gasteiger partial charge in [-0.1, -0.05) is 46.3 Å². The van der Waals surface area contributed by atoms with Crippen LogP contribution in [0.4, 0.5) is 11.5 Å². The molecule has 0 aliphatic carbocycles. The van der Waals surface area contributed by atoms with Gasteiger partial charge in [0.2, 0.25) is 5.82 Å². The zero-order valence-corrected chi connectivity index (χ0v) is 15.5. The van der Waals surface area contributed by atoms with Crippen LogP contribution in [0.15, 0.2) is 53.0 Å². The molecule has 1 aliphatic heterocycles. The van der Waals surface area contributed by atoms with E-state index in [0.717, 1.165) is 20.9 Å². The highest BCUT2D eigenvalue weighted by molar-refractivity contribution is 9.10. The van der Waals surface area contributed by atoms with Crippen molar-refractivity contribution in [2.24, 2.45) is 0 Å². The number of rotatable bonds is 3. The lowest BCUT2D eigenvalue weighted by Gasteiger charge is -2.28. The van der Waals surface area contributed by atoms with Gasteiger partial charge in [0.1, 0.15) is 0 Å². The number of ether oxygens (including phenoxy) is 1. The lowest BCUT2D eigenvalue weighted by Crippen LogP contribution is -2.37. The van der Waals surface area contributed by atoms with Crippen LogP contribution in [0.2, 0.25) is 0 Å². The number of benzene rings is 2. The third-order valence-corrected chi connectivity index (χ3v) is 4.95. The molecule has 0 spiro atoms. The molecule has 0 amide bonds. The second kappa shape index (κ2) is 7.01. The van der Waals surface area contributed by atoms with Gasteiger partial charge in [0, 0.05) is 22.9 Å². The van der Waals surface area contributed by atoms with E-state index in [1.54, 1.807) is 0 Å². The molecule has 2 aromatic carbocycles. The maximum Gasteiger partial charge on any atom is 0.319 e. The summed E-state index contributed by atoms with van der Waals surface area (Å²) in [5, 5.41) is 12.8. The summed E-state index contributed by atoms with van der Waals surface area (Å²) in [7, 11) is 0. The molecular formula is C19H16BrN3O3. The van der Waals surface area contributed by atoms with Gasteiger partial charge in [0.05, 0.1) is 29.2 Å². The standard InChI is InChI=1S/C19H16BrN3O3/c20-14-6-7-16-15(12-14)17(13-4-2-1-3-5-13)18(23(24)25)19(21-16)22-8-10-26-11-9-22/h1-7,12H,8-11H2. The van der Waals surface area contributed by atoms with Crippen molar-refractivity contribution >= 4 is 38.3 Å². The summed E-state index contributed by atoms with van der Waals surface area (Å²) in [5.74, 6) is 0.409. The second-order valence-electron chi connectivity index (χ2n) is 6.04. The molecule has 0 unspecified atom stereocenters. The SMILES string of the molecule is O=[N+]([O-])c1c(N2CCOCC2)nc2ccc(Br)cc2c1-c1ccccc1. The van der Waals surface area contributed by atoms with Crippen LogP contribution in [-0.2, 0) is 4.74 Å². The fourth-order valence-electron chi connectivity index (χ4n) is 3.28. The predicted molar refractivity (Wildman–Crippen MR) is 105 cm³/mol. The molecule has 1 fully saturated rings. The van der Waals surface area contributed by atoms with Gasteiger partial charge >= 0.3 is 5.69 Å². The normalized spacial score (nSPS) is 14.6. The molecular weight excluding hydrogens is 398 g/mol. The molecule has 3 aromatic rings. The maximum atomic E-state index is 12.1. The summed E-state index contributed by atoms with van der Waals surface area (Å²) < 4.78 is 6.25. The number of fused-ring (bicyclic) bond motifs is 1. The summed E-state index contributed by atoms with van der Waals surface area (Å²) in [6.07, 6.45) is 0. The van der Waals surface area contributed by atoms with Crippen LogP contribution < -0.4 is 4.90 Å². The van der Waals surface area contributed by atoms with Crippen molar-refractivity contribution in [2.45, 2.75) is 0 Å². The van der Waals surface area contributed by atoms with Crippen molar-refractivity contribution in [3.63, 3.8) is 0 Å². The summed E-state index contributed by atoms with van der Waals surface area (Å²) in [4.78, 5) is 18.4. The van der Waals surface area contributed by atoms with Crippen molar-refractivity contribution in [3.8, 4) is 11.1 Å². The quantitative estimate of drug-likeness (QED) is 0.469. The molecule has 1 saturated heterocycles. The van der Waals surface area contributed by atoms with Gasteiger partial charge in [-0.15, -0.1) is 0 Å². The van der Waals surface area contributed by atoms with E-state index in [-0.39, 0.29) is 10.6 Å². The molecule has 132 valence electrons. The van der Waals surface area contributed by atoms with E-state index >= 15 is 0 Å². The van der Waals surface area contributed by atoms with Crippen LogP contribution in [0.5, 0.6) is 0 Å². The Labute approximate surface area is 158 Å². The van der Waals surface area contributed by atoms with Gasteiger partial charge in [-0.3, -0.25) is 10.1 Å². The van der Waals surface area contributed by atoms with Crippen LogP contribution in [0.3, 0.4) is 0 Å². The number of morpholine rings is 1. The molecule has 7 heteroatoms. The third-order valence-electron chi connectivity index (χ3n) is 4.46. The molecule has 0 radical (unpaired) electrons. The Kier molecular flexibility index (Phi) is 4.57. The zero-order chi connectivity index (χ0) is 18.1. The van der Waals surface area contributed by atoms with E-state index in [2.05, 4.69) is 20.9 Å². The second-order valence-corrected chi connectivity index (χ2v) is 6.96. The van der Waals surface area contributed by atoms with Crippen molar-refractivity contribution in [3.05, 3.63) is 63.1 Å². The van der Waals surface area contributed by atoms with Crippen LogP contribution in [0.1, 0.15) is 0 Å². The Bertz CT molecular complexity index is 973. The summed E-state index contributed by atoms with van der Waals surface area (Å²) in [5.41, 5.74) is 2.19. The lowest BCUT2D eigenvalue weighted by atomic mass is 9.98. The number of hydrogen-bond acceptors (Lipinski definition) is 5. The molecule has 0 N–H and O–H groups in total. The molecule has 6 nitrogen and oxygen atoms in total. The minimum atomic E-state index is -0.319. The topological polar surface area (TPSA) is 68.5 Å². The number of pyridine rings is 1. The first-order chi connectivity index (χ1) is 12.6. The molecule has 26 heavy (non-hydrogen) atoms. The number of nitro groups is 1. The van der Waals surface area contributed by atoms with Crippen LogP contribution in [-0.4, -0.2) is 36.2 Å². The van der Waals surface area contributed by atoms with E-state index in [1.165, 1.54) is 0 Å². The van der Waals surface area contributed by atoms with E-state index < -0.39 is 0 Å². The van der Waals surface area contributed by atoms with Gasteiger partial charge < -0.3 is 9.64 Å². The molecule has 0 saturated carbocycles. The van der Waals surface area contributed by atoms with Crippen molar-refractivity contribution < 1.29 is 9.66 Å². The van der Waals surface area contributed by atoms with Gasteiger partial charge in [-0.25, -0.2) is 4.98 Å². The summed E-state index contributed by atoms with van der Waals surface area (Å²) in [6.45, 7) is 2.25. The van der Waals surface area contributed by atoms with Gasteiger partial charge in [0.15, 0.2) is 0 Å². The minimum absolute atomic E-state index is 0.0451. The molecule has 1 aromatic heterocycles. The third kappa shape index (κ3) is 3.04. The first-order valence-electron chi connectivity index (χ1n) is 8.31. The Morgan fingerprint density at radius 1 is 1.12 bits per heavy atom. The Morgan fingerprint density at radius 2 is 1.85 bits per heavy atom. The highest BCUT2D eigenvalue weighted by Crippen LogP contribution is 2.42. The summed E-state index contributed by atoms with van der Waals surface area (Å²) >= 11 is 3.47. The lowest BCUT2D eigenvalue weighted by molar-refractivity contribution is -0.383. The number of anilines is 1. The van der Waals surface area contributed by atoms with Crippen molar-refractivity contribution in [1.82, 2.24) is 4.98 Å². The number of halogens is 1. The Morgan fingerprint density at radius 3 is 2.54 bits per heavy atom. The minimum Gasteiger partial charge on any atom is -0.378 e. The highest BCUT2D eigenvalue weighted by atomic mass is 79.9. The van der Waals surface area contributed by atoms with Crippen LogP contribution >= 0.6 is 15.9 Å². The number of aromatic nitrogens is 1. The van der Waals surface area contributed by atoms with E-state index in [4.69, 9.17) is 4.74 Å². The first kappa shape index (κ1) is 16.9. The summed E-state index contributed by atoms with van der Waals surface area (Å²) in [6, 6.07) is 15.1. The largest absolute Gasteiger partial charge is 0.378 e. The number of hydrogen-bond donors (Lipinski definition) is 0. The molecule has 4 rings (SSSR count). The van der Waals surface area contributed by atoms with E-state index in [0.29, 0.717) is 37.7 Å². The monoisotopic (exact) mass is 413 g/mol. The molecule has 0 atom stereocenters. The highest BCUT2D eigenvalue weighted by Gasteiger charge is 2.30. The van der Waals surface area contributed by atoms with Gasteiger partial charge in [-0.2, -0.15) is 0 Å². The van der Waals surface area contributed by atoms with Crippen molar-refractivity contribution in [2.75, 3.05) is 31.2 Å². The van der Waals surface area contributed by atoms with Crippen LogP contribution in [0.25, 0.3) is 22.0 Å². The molecule has 0 bridgehead atoms. The van der Waals surface area contributed by atoms with Crippen molar-refractivity contribution in [1.29, 1.82) is 0 Å². The van der Waals surface area contributed by atoms with Crippen LogP contribution in [0, 0.1) is 10.1 Å². The predicted octanol–water partition coefficient (Wildman–Crippen LogP) is 4.41. The van der Waals surface area contributed by atoms with Gasteiger partial charge in [0.25, 0.3) is 0 Å². The number of nitrogens with zero attached hydrogens (tertiary/aromatic N) is 3. The maximum absolute atomic E-state index is 12.1. The fraction of sp³-hybridized carbons (Fsp3) is 0.211. The Hall–Kier alpha value is -2.51. The first-order valence-corrected chi connectivity index (χ1v) is 9.10. The average molecular weight is 414 g/mol. The Balaban J connectivity index is 2.07. The van der Waals surface area contributed by atoms with Gasteiger partial charge in [-0.05, 0) is 23.8 Å². The zero-order valence-electron chi connectivity index (χ0n) is 13.9. The molecule has 1 aliphatic rings.